The highest BCUT2D eigenvalue weighted by atomic mass is 16.5. The number of ether oxygens (including phenoxy) is 2. The van der Waals surface area contributed by atoms with Crippen molar-refractivity contribution < 1.29 is 24.2 Å². The zero-order valence-electron chi connectivity index (χ0n) is 15.1. The molecule has 0 spiro atoms. The van der Waals surface area contributed by atoms with E-state index in [0.717, 1.165) is 12.2 Å². The van der Waals surface area contributed by atoms with Crippen molar-refractivity contribution in [3.05, 3.63) is 48.2 Å². The van der Waals surface area contributed by atoms with Crippen LogP contribution in [0.3, 0.4) is 0 Å². The molecule has 0 saturated heterocycles. The molecule has 1 aromatic heterocycles. The molecule has 0 aliphatic heterocycles. The van der Waals surface area contributed by atoms with E-state index in [4.69, 9.17) is 14.6 Å². The van der Waals surface area contributed by atoms with Crippen molar-refractivity contribution in [2.75, 3.05) is 13.2 Å². The molecule has 2 rings (SSSR count). The normalized spacial score (nSPS) is 10.1. The molecule has 0 aliphatic carbocycles. The zero-order chi connectivity index (χ0) is 19.5. The highest BCUT2D eigenvalue weighted by Crippen LogP contribution is 2.25. The number of amides is 2. The fourth-order valence-corrected chi connectivity index (χ4v) is 2.11. The van der Waals surface area contributed by atoms with Gasteiger partial charge in [0, 0.05) is 24.8 Å². The van der Waals surface area contributed by atoms with Crippen LogP contribution in [0.4, 0.5) is 4.79 Å². The summed E-state index contributed by atoms with van der Waals surface area (Å²) in [5, 5.41) is 13.7. The quantitative estimate of drug-likeness (QED) is 0.591. The molecule has 8 heteroatoms. The summed E-state index contributed by atoms with van der Waals surface area (Å²) in [5.41, 5.74) is 0.692. The lowest BCUT2D eigenvalue weighted by molar-refractivity contribution is -0.136. The number of pyridine rings is 1. The number of nitrogens with one attached hydrogen (secondary N) is 2. The predicted molar refractivity (Wildman–Crippen MR) is 99.0 cm³/mol. The number of carboxylic acid groups (broad SMARTS) is 1. The molecule has 1 aromatic carbocycles. The molecule has 0 saturated carbocycles. The van der Waals surface area contributed by atoms with Gasteiger partial charge in [0.05, 0.1) is 13.0 Å². The summed E-state index contributed by atoms with van der Waals surface area (Å²) in [6.45, 7) is 2.95. The molecular weight excluding hydrogens is 350 g/mol. The third-order valence-electron chi connectivity index (χ3n) is 3.42. The van der Waals surface area contributed by atoms with Crippen LogP contribution in [-0.4, -0.2) is 35.2 Å². The lowest BCUT2D eigenvalue weighted by Crippen LogP contribution is -2.36. The molecule has 2 amide bonds. The Labute approximate surface area is 157 Å². The number of aromatic nitrogens is 1. The lowest BCUT2D eigenvalue weighted by atomic mass is 10.2. The van der Waals surface area contributed by atoms with Gasteiger partial charge in [0.2, 0.25) is 5.88 Å². The van der Waals surface area contributed by atoms with Crippen LogP contribution in [-0.2, 0) is 11.3 Å². The van der Waals surface area contributed by atoms with Crippen LogP contribution in [0, 0.1) is 0 Å². The molecular formula is C19H23N3O5. The second kappa shape index (κ2) is 10.6. The van der Waals surface area contributed by atoms with E-state index < -0.39 is 12.0 Å². The van der Waals surface area contributed by atoms with Gasteiger partial charge in [-0.05, 0) is 36.8 Å². The highest BCUT2D eigenvalue weighted by molar-refractivity contribution is 5.75. The molecule has 2 aromatic rings. The second-order valence-electron chi connectivity index (χ2n) is 5.64. The molecule has 8 nitrogen and oxygen atoms in total. The Balaban J connectivity index is 1.91. The van der Waals surface area contributed by atoms with Gasteiger partial charge in [-0.3, -0.25) is 4.79 Å². The molecule has 0 fully saturated rings. The van der Waals surface area contributed by atoms with Gasteiger partial charge < -0.3 is 25.2 Å². The maximum absolute atomic E-state index is 11.7. The maximum atomic E-state index is 11.7. The maximum Gasteiger partial charge on any atom is 0.315 e. The third-order valence-corrected chi connectivity index (χ3v) is 3.42. The van der Waals surface area contributed by atoms with Gasteiger partial charge in [0.25, 0.3) is 0 Å². The molecule has 0 aliphatic rings. The van der Waals surface area contributed by atoms with Gasteiger partial charge in [0.15, 0.2) is 0 Å². The number of carbonyl (C=O) groups is 2. The first-order valence-electron chi connectivity index (χ1n) is 8.66. The number of rotatable bonds is 10. The Bertz CT molecular complexity index is 749. The van der Waals surface area contributed by atoms with Crippen LogP contribution in [0.2, 0.25) is 0 Å². The molecule has 3 N–H and O–H groups in total. The standard InChI is InChI=1S/C19H23N3O5/c1-2-12-26-15-5-7-16(8-6-15)27-18-14(4-3-10-20-18)13-22-19(25)21-11-9-17(23)24/h3-8,10H,2,9,11-13H2,1H3,(H,23,24)(H2,21,22,25). The van der Waals surface area contributed by atoms with Crippen LogP contribution in [0.25, 0.3) is 0 Å². The smallest absolute Gasteiger partial charge is 0.315 e. The Morgan fingerprint density at radius 2 is 1.85 bits per heavy atom. The molecule has 0 unspecified atom stereocenters. The van der Waals surface area contributed by atoms with E-state index in [1.54, 1.807) is 30.5 Å². The predicted octanol–water partition coefficient (Wildman–Crippen LogP) is 2.94. The molecule has 0 atom stereocenters. The van der Waals surface area contributed by atoms with E-state index in [1.165, 1.54) is 0 Å². The van der Waals surface area contributed by atoms with Crippen LogP contribution < -0.4 is 20.1 Å². The first kappa shape index (κ1) is 20.0. The van der Waals surface area contributed by atoms with Gasteiger partial charge in [-0.15, -0.1) is 0 Å². The van der Waals surface area contributed by atoms with Gasteiger partial charge in [0.1, 0.15) is 11.5 Å². The Morgan fingerprint density at radius 1 is 1.11 bits per heavy atom. The van der Waals surface area contributed by atoms with Crippen molar-refractivity contribution in [3.8, 4) is 17.4 Å². The van der Waals surface area contributed by atoms with Crippen LogP contribution >= 0.6 is 0 Å². The number of aliphatic carboxylic acids is 1. The number of hydrogen-bond donors (Lipinski definition) is 3. The molecule has 144 valence electrons. The highest BCUT2D eigenvalue weighted by Gasteiger charge is 2.09. The number of hydrogen-bond acceptors (Lipinski definition) is 5. The largest absolute Gasteiger partial charge is 0.494 e. The minimum Gasteiger partial charge on any atom is -0.494 e. The summed E-state index contributed by atoms with van der Waals surface area (Å²) in [6, 6.07) is 10.3. The van der Waals surface area contributed by atoms with Gasteiger partial charge in [-0.1, -0.05) is 13.0 Å². The topological polar surface area (TPSA) is 110 Å². The fourth-order valence-electron chi connectivity index (χ4n) is 2.11. The van der Waals surface area contributed by atoms with E-state index in [-0.39, 0.29) is 19.5 Å². The van der Waals surface area contributed by atoms with E-state index in [9.17, 15) is 9.59 Å². The van der Waals surface area contributed by atoms with Crippen molar-refractivity contribution in [1.82, 2.24) is 15.6 Å². The third kappa shape index (κ3) is 7.23. The minimum absolute atomic E-state index is 0.0595. The molecule has 1 heterocycles. The second-order valence-corrected chi connectivity index (χ2v) is 5.64. The van der Waals surface area contributed by atoms with Crippen molar-refractivity contribution in [3.63, 3.8) is 0 Å². The summed E-state index contributed by atoms with van der Waals surface area (Å²) < 4.78 is 11.3. The Kier molecular flexibility index (Phi) is 7.90. The fraction of sp³-hybridized carbons (Fsp3) is 0.316. The summed E-state index contributed by atoms with van der Waals surface area (Å²) in [5.74, 6) is 0.782. The van der Waals surface area contributed by atoms with Crippen molar-refractivity contribution in [2.24, 2.45) is 0 Å². The van der Waals surface area contributed by atoms with Gasteiger partial charge in [-0.2, -0.15) is 0 Å². The van der Waals surface area contributed by atoms with E-state index in [2.05, 4.69) is 15.6 Å². The van der Waals surface area contributed by atoms with Gasteiger partial charge >= 0.3 is 12.0 Å². The number of carboxylic acids is 1. The number of urea groups is 1. The zero-order valence-corrected chi connectivity index (χ0v) is 15.1. The minimum atomic E-state index is -0.968. The van der Waals surface area contributed by atoms with Crippen LogP contribution in [0.5, 0.6) is 17.4 Å². The van der Waals surface area contributed by atoms with Crippen molar-refractivity contribution >= 4 is 12.0 Å². The first-order valence-corrected chi connectivity index (χ1v) is 8.66. The SMILES string of the molecule is CCCOc1ccc(Oc2ncccc2CNC(=O)NCCC(=O)O)cc1. The van der Waals surface area contributed by atoms with E-state index in [0.29, 0.717) is 23.8 Å². The Hall–Kier alpha value is -3.29. The number of nitrogens with zero attached hydrogens (tertiary/aromatic N) is 1. The molecule has 27 heavy (non-hydrogen) atoms. The average molecular weight is 373 g/mol. The summed E-state index contributed by atoms with van der Waals surface area (Å²) in [7, 11) is 0. The lowest BCUT2D eigenvalue weighted by Gasteiger charge is -2.12. The van der Waals surface area contributed by atoms with E-state index >= 15 is 0 Å². The van der Waals surface area contributed by atoms with Crippen molar-refractivity contribution in [2.45, 2.75) is 26.3 Å². The molecule has 0 bridgehead atoms. The summed E-state index contributed by atoms with van der Waals surface area (Å²) in [4.78, 5) is 26.4. The molecule has 0 radical (unpaired) electrons. The first-order chi connectivity index (χ1) is 13.1. The number of carbonyl (C=O) groups excluding carboxylic acids is 1. The average Bonchev–Trinajstić information content (AvgIpc) is 2.66. The number of benzene rings is 1. The van der Waals surface area contributed by atoms with E-state index in [1.807, 2.05) is 19.1 Å². The van der Waals surface area contributed by atoms with Crippen molar-refractivity contribution in [1.29, 1.82) is 0 Å². The van der Waals surface area contributed by atoms with Crippen LogP contribution in [0.15, 0.2) is 42.6 Å². The van der Waals surface area contributed by atoms with Gasteiger partial charge in [-0.25, -0.2) is 9.78 Å². The monoisotopic (exact) mass is 373 g/mol. The summed E-state index contributed by atoms with van der Waals surface area (Å²) in [6.07, 6.45) is 2.41. The summed E-state index contributed by atoms with van der Waals surface area (Å²) >= 11 is 0. The van der Waals surface area contributed by atoms with Crippen LogP contribution in [0.1, 0.15) is 25.3 Å². The Morgan fingerprint density at radius 3 is 2.56 bits per heavy atom.